The van der Waals surface area contributed by atoms with E-state index in [0.717, 1.165) is 77.0 Å². The molecule has 276 valence electrons. The topological polar surface area (TPSA) is 101 Å². The summed E-state index contributed by atoms with van der Waals surface area (Å²) in [7, 11) is 15.7. The van der Waals surface area contributed by atoms with Gasteiger partial charge in [-0.15, -0.1) is 0 Å². The number of ether oxygens (including phenoxy) is 8. The summed E-state index contributed by atoms with van der Waals surface area (Å²) in [6, 6.07) is 12.3. The van der Waals surface area contributed by atoms with Crippen LogP contribution in [0.25, 0.3) is 11.1 Å². The molecule has 2 unspecified atom stereocenters. The van der Waals surface area contributed by atoms with Gasteiger partial charge in [0, 0.05) is 47.4 Å². The number of aromatic hydroxyl groups is 1. The van der Waals surface area contributed by atoms with E-state index in [0.29, 0.717) is 52.4 Å². The van der Waals surface area contributed by atoms with Gasteiger partial charge in [-0.3, -0.25) is 9.80 Å². The Hall–Kier alpha value is -5.00. The number of fused-ring (bicyclic) bond motifs is 3. The van der Waals surface area contributed by atoms with Crippen LogP contribution in [0, 0.1) is 0 Å². The smallest absolute Gasteiger partial charge is 0.204 e. The number of hydrogen-bond donors (Lipinski definition) is 1. The molecule has 1 N–H and O–H groups in total. The molecular formula is C41H48N2O9. The first-order valence-corrected chi connectivity index (χ1v) is 17.5. The van der Waals surface area contributed by atoms with Gasteiger partial charge in [-0.05, 0) is 86.3 Å². The first-order chi connectivity index (χ1) is 25.2. The van der Waals surface area contributed by atoms with E-state index >= 15 is 0 Å². The van der Waals surface area contributed by atoms with Crippen LogP contribution in [0.2, 0.25) is 0 Å². The maximum atomic E-state index is 11.1. The summed E-state index contributed by atoms with van der Waals surface area (Å²) < 4.78 is 47.8. The molecule has 0 saturated heterocycles. The van der Waals surface area contributed by atoms with E-state index < -0.39 is 0 Å². The molecule has 11 nitrogen and oxygen atoms in total. The summed E-state index contributed by atoms with van der Waals surface area (Å²) in [6.45, 7) is 1.68. The zero-order valence-corrected chi connectivity index (χ0v) is 31.5. The monoisotopic (exact) mass is 712 g/mol. The maximum absolute atomic E-state index is 11.1. The summed E-state index contributed by atoms with van der Waals surface area (Å²) in [5.41, 5.74) is 8.27. The van der Waals surface area contributed by atoms with Crippen molar-refractivity contribution in [3.63, 3.8) is 0 Å². The van der Waals surface area contributed by atoms with Gasteiger partial charge in [-0.1, -0.05) is 12.1 Å². The first-order valence-electron chi connectivity index (χ1n) is 17.5. The van der Waals surface area contributed by atoms with Crippen molar-refractivity contribution in [3.8, 4) is 68.6 Å². The van der Waals surface area contributed by atoms with Crippen molar-refractivity contribution in [3.05, 3.63) is 69.8 Å². The van der Waals surface area contributed by atoms with E-state index in [9.17, 15) is 5.11 Å². The van der Waals surface area contributed by atoms with Gasteiger partial charge in [-0.25, -0.2) is 0 Å². The van der Waals surface area contributed by atoms with Crippen LogP contribution in [-0.4, -0.2) is 91.9 Å². The van der Waals surface area contributed by atoms with Crippen LogP contribution in [0.5, 0.6) is 57.5 Å². The van der Waals surface area contributed by atoms with E-state index in [-0.39, 0.29) is 17.8 Å². The molecule has 0 amide bonds. The summed E-state index contributed by atoms with van der Waals surface area (Å²) in [4.78, 5) is 4.69. The third-order valence-corrected chi connectivity index (χ3v) is 11.1. The number of phenols is 1. The molecule has 0 spiro atoms. The lowest BCUT2D eigenvalue weighted by Gasteiger charge is -2.41. The van der Waals surface area contributed by atoms with Gasteiger partial charge >= 0.3 is 0 Å². The standard InChI is InChI=1S/C41H48N2O9/c1-42-16-14-24-26(20-31(45-3)38(48-6)35(24)44)29(42)18-22-10-12-23(13-11-22)52-37-28-19-30-33-25(15-17-43(30)2)36(47-5)41(51-9)40(50-8)34(33)27(28)21-32(46-4)39(37)49-7/h10-13,20-21,29-30,44H,14-19H2,1-9H3. The van der Waals surface area contributed by atoms with Crippen LogP contribution in [0.3, 0.4) is 0 Å². The Labute approximate surface area is 305 Å². The van der Waals surface area contributed by atoms with Crippen molar-refractivity contribution in [1.29, 1.82) is 0 Å². The van der Waals surface area contributed by atoms with Crippen molar-refractivity contribution in [2.24, 2.45) is 0 Å². The van der Waals surface area contributed by atoms with Gasteiger partial charge in [0.05, 0.1) is 49.8 Å². The SMILES string of the molecule is COc1cc2c(c(O)c1OC)CCN(C)C2Cc1ccc(Oc2c3c(cc(OC)c2OC)-c2c(OC)c(OC)c(OC)c4c2C(C3)N(C)CC4)cc1. The summed E-state index contributed by atoms with van der Waals surface area (Å²) in [5, 5.41) is 11.1. The predicted molar refractivity (Wildman–Crippen MR) is 198 cm³/mol. The van der Waals surface area contributed by atoms with Crippen molar-refractivity contribution >= 4 is 0 Å². The second-order valence-electron chi connectivity index (χ2n) is 13.5. The average Bonchev–Trinajstić information content (AvgIpc) is 3.16. The van der Waals surface area contributed by atoms with Gasteiger partial charge in [0.1, 0.15) is 5.75 Å². The quantitative estimate of drug-likeness (QED) is 0.178. The van der Waals surface area contributed by atoms with Crippen molar-refractivity contribution in [1.82, 2.24) is 9.80 Å². The van der Waals surface area contributed by atoms with Gasteiger partial charge < -0.3 is 43.0 Å². The van der Waals surface area contributed by atoms with E-state index in [1.54, 1.807) is 49.8 Å². The van der Waals surface area contributed by atoms with Crippen LogP contribution in [0.4, 0.5) is 0 Å². The highest BCUT2D eigenvalue weighted by molar-refractivity contribution is 5.89. The molecule has 2 atom stereocenters. The fraction of sp³-hybridized carbons (Fsp3) is 0.415. The molecule has 0 fully saturated rings. The van der Waals surface area contributed by atoms with Crippen molar-refractivity contribution in [2.45, 2.75) is 37.8 Å². The van der Waals surface area contributed by atoms with Crippen LogP contribution in [0.1, 0.15) is 45.5 Å². The van der Waals surface area contributed by atoms with E-state index in [1.165, 1.54) is 5.56 Å². The summed E-state index contributed by atoms with van der Waals surface area (Å²) in [5.74, 6) is 5.29. The second kappa shape index (κ2) is 14.2. The molecule has 7 rings (SSSR count). The Bertz CT molecular complexity index is 1990. The minimum atomic E-state index is 0.0368. The van der Waals surface area contributed by atoms with E-state index in [1.807, 2.05) is 24.3 Å². The number of phenolic OH excluding ortho intramolecular Hbond substituents is 1. The molecule has 0 saturated carbocycles. The van der Waals surface area contributed by atoms with Gasteiger partial charge in [0.25, 0.3) is 0 Å². The van der Waals surface area contributed by atoms with Crippen molar-refractivity contribution < 1.29 is 43.0 Å². The number of likely N-dealkylation sites (N-methyl/N-ethyl adjacent to an activating group) is 2. The zero-order valence-electron chi connectivity index (χ0n) is 31.5. The Morgan fingerprint density at radius 2 is 1.25 bits per heavy atom. The highest BCUT2D eigenvalue weighted by atomic mass is 16.5. The normalized spacial score (nSPS) is 17.7. The van der Waals surface area contributed by atoms with Gasteiger partial charge in [-0.2, -0.15) is 0 Å². The zero-order chi connectivity index (χ0) is 36.8. The average molecular weight is 713 g/mol. The Morgan fingerprint density at radius 3 is 1.88 bits per heavy atom. The largest absolute Gasteiger partial charge is 0.504 e. The fourth-order valence-electron chi connectivity index (χ4n) is 8.45. The third-order valence-electron chi connectivity index (χ3n) is 11.1. The number of methoxy groups -OCH3 is 7. The van der Waals surface area contributed by atoms with Crippen LogP contribution in [-0.2, 0) is 25.7 Å². The van der Waals surface area contributed by atoms with Crippen LogP contribution < -0.4 is 37.9 Å². The Morgan fingerprint density at radius 1 is 0.635 bits per heavy atom. The molecule has 4 aromatic rings. The molecule has 1 aliphatic carbocycles. The van der Waals surface area contributed by atoms with Crippen molar-refractivity contribution in [2.75, 3.05) is 77.0 Å². The first kappa shape index (κ1) is 35.4. The number of nitrogens with zero attached hydrogens (tertiary/aromatic N) is 2. The van der Waals surface area contributed by atoms with E-state index in [2.05, 4.69) is 36.0 Å². The summed E-state index contributed by atoms with van der Waals surface area (Å²) >= 11 is 0. The minimum absolute atomic E-state index is 0.0368. The van der Waals surface area contributed by atoms with Crippen LogP contribution in [0.15, 0.2) is 36.4 Å². The molecule has 3 aliphatic rings. The summed E-state index contributed by atoms with van der Waals surface area (Å²) in [6.07, 6.45) is 2.96. The van der Waals surface area contributed by atoms with Gasteiger partial charge in [0.15, 0.2) is 34.5 Å². The molecular weight excluding hydrogens is 664 g/mol. The lowest BCUT2D eigenvalue weighted by Crippen LogP contribution is -2.36. The lowest BCUT2D eigenvalue weighted by molar-refractivity contribution is 0.220. The molecule has 0 radical (unpaired) electrons. The van der Waals surface area contributed by atoms with Crippen LogP contribution >= 0.6 is 0 Å². The molecule has 11 heteroatoms. The van der Waals surface area contributed by atoms with E-state index in [4.69, 9.17) is 37.9 Å². The second-order valence-corrected chi connectivity index (χ2v) is 13.5. The Kier molecular flexibility index (Phi) is 9.67. The number of benzene rings is 4. The lowest BCUT2D eigenvalue weighted by atomic mass is 9.75. The highest BCUT2D eigenvalue weighted by Crippen LogP contribution is 2.60. The molecule has 4 aromatic carbocycles. The molecule has 2 heterocycles. The molecule has 0 bridgehead atoms. The molecule has 0 aromatic heterocycles. The Balaban J connectivity index is 1.28. The maximum Gasteiger partial charge on any atom is 0.204 e. The molecule has 2 aliphatic heterocycles. The highest BCUT2D eigenvalue weighted by Gasteiger charge is 2.41. The number of rotatable bonds is 11. The molecule has 52 heavy (non-hydrogen) atoms. The predicted octanol–water partition coefficient (Wildman–Crippen LogP) is 6.77. The number of hydrogen-bond acceptors (Lipinski definition) is 11. The van der Waals surface area contributed by atoms with Gasteiger partial charge in [0.2, 0.25) is 17.2 Å². The minimum Gasteiger partial charge on any atom is -0.504 e. The fourth-order valence-corrected chi connectivity index (χ4v) is 8.45. The third kappa shape index (κ3) is 5.58.